The monoisotopic (exact) mass is 306 g/mol. The molecule has 0 aliphatic carbocycles. The van der Waals surface area contributed by atoms with E-state index in [1.807, 2.05) is 31.2 Å². The Morgan fingerprint density at radius 1 is 1.25 bits per heavy atom. The molecule has 1 aromatic rings. The van der Waals surface area contributed by atoms with E-state index in [0.717, 1.165) is 11.3 Å². The topological polar surface area (TPSA) is 72.2 Å². The zero-order valence-electron chi connectivity index (χ0n) is 8.73. The van der Waals surface area contributed by atoms with E-state index in [-0.39, 0.29) is 19.5 Å². The van der Waals surface area contributed by atoms with Gasteiger partial charge in [-0.05, 0) is 18.6 Å². The predicted molar refractivity (Wildman–Crippen MR) is 64.5 cm³/mol. The number of rotatable bonds is 1. The van der Waals surface area contributed by atoms with Gasteiger partial charge in [0.1, 0.15) is 5.24 Å². The Morgan fingerprint density at radius 2 is 1.69 bits per heavy atom. The van der Waals surface area contributed by atoms with Crippen molar-refractivity contribution in [2.45, 2.75) is 6.92 Å². The van der Waals surface area contributed by atoms with Gasteiger partial charge in [0.2, 0.25) is 0 Å². The van der Waals surface area contributed by atoms with Crippen molar-refractivity contribution in [2.24, 2.45) is 5.73 Å². The number of nitrogens with two attached hydrogens (primary N) is 1. The van der Waals surface area contributed by atoms with E-state index in [9.17, 15) is 4.79 Å². The number of primary amides is 1. The normalized spacial score (nSPS) is 7.81. The first kappa shape index (κ1) is 17.6. The minimum Gasteiger partial charge on any atom is -0.719 e. The smallest absolute Gasteiger partial charge is 0.719 e. The van der Waals surface area contributed by atoms with Crippen molar-refractivity contribution in [3.63, 3.8) is 0 Å². The molecule has 0 aliphatic rings. The Bertz CT molecular complexity index is 357. The van der Waals surface area contributed by atoms with E-state index >= 15 is 0 Å². The molecule has 2 amide bonds. The maximum Gasteiger partial charge on any atom is 2.00 e. The number of hydrogen-bond donors (Lipinski definition) is 2. The number of amides is 2. The number of para-hydroxylation sites is 1. The molecule has 0 spiro atoms. The average molecular weight is 308 g/mol. The number of nitrogens with one attached hydrogen (secondary N) is 1. The van der Waals surface area contributed by atoms with Gasteiger partial charge in [0.15, 0.2) is 0 Å². The van der Waals surface area contributed by atoms with Crippen LogP contribution in [0.5, 0.6) is 0 Å². The van der Waals surface area contributed by atoms with Gasteiger partial charge in [-0.15, -0.1) is 0 Å². The van der Waals surface area contributed by atoms with Crippen molar-refractivity contribution in [3.05, 3.63) is 29.8 Å². The van der Waals surface area contributed by atoms with Crippen LogP contribution in [0.2, 0.25) is 0 Å². The summed E-state index contributed by atoms with van der Waals surface area (Å²) in [6, 6.07) is 7.50. The van der Waals surface area contributed by atoms with Crippen LogP contribution in [-0.4, -0.2) is 10.5 Å². The molecule has 0 radical (unpaired) electrons. The summed E-state index contributed by atoms with van der Waals surface area (Å²) in [6.45, 7) is 1.92. The number of benzene rings is 1. The summed E-state index contributed by atoms with van der Waals surface area (Å²) in [5, 5.41) is 1.35. The first-order valence-electron chi connectivity index (χ1n) is 3.93. The molecule has 0 atom stereocenters. The molecular weight excluding hydrogens is 298 g/mol. The van der Waals surface area contributed by atoms with Gasteiger partial charge in [-0.2, -0.15) is 0 Å². The third-order valence-electron chi connectivity index (χ3n) is 1.38. The molecule has 3 N–H and O–H groups in total. The molecule has 16 heavy (non-hydrogen) atoms. The van der Waals surface area contributed by atoms with Crippen LogP contribution in [0.3, 0.4) is 0 Å². The minimum absolute atomic E-state index is 0. The van der Waals surface area contributed by atoms with Gasteiger partial charge in [-0.25, -0.2) is 0 Å². The quantitative estimate of drug-likeness (QED) is 0.612. The second-order valence-electron chi connectivity index (χ2n) is 2.55. The van der Waals surface area contributed by atoms with Gasteiger partial charge in [0, 0.05) is 5.69 Å². The third-order valence-corrected chi connectivity index (χ3v) is 1.48. The Labute approximate surface area is 118 Å². The van der Waals surface area contributed by atoms with Gasteiger partial charge in [0.05, 0.1) is 5.24 Å². The summed E-state index contributed by atoms with van der Waals surface area (Å²) in [7, 11) is 0. The molecule has 0 bridgehead atoms. The van der Waals surface area contributed by atoms with Crippen molar-refractivity contribution in [2.75, 3.05) is 5.32 Å². The van der Waals surface area contributed by atoms with Gasteiger partial charge in [0.25, 0.3) is 0 Å². The molecule has 0 aliphatic heterocycles. The molecule has 0 saturated carbocycles. The van der Waals surface area contributed by atoms with Gasteiger partial charge < -0.3 is 45.9 Å². The zero-order valence-corrected chi connectivity index (χ0v) is 13.3. The average Bonchev–Trinajstić information content (AvgIpc) is 2.07. The first-order valence-corrected chi connectivity index (χ1v) is 4.75. The SMILES string of the molecule is Cc1ccccc1NC(=O)[S-].NC(=O)[S-].[Zn+2]. The Morgan fingerprint density at radius 3 is 2.06 bits per heavy atom. The van der Waals surface area contributed by atoms with Crippen LogP contribution in [0, 0.1) is 6.92 Å². The molecule has 0 saturated heterocycles. The third kappa shape index (κ3) is 9.77. The van der Waals surface area contributed by atoms with E-state index < -0.39 is 10.5 Å². The van der Waals surface area contributed by atoms with E-state index in [0.29, 0.717) is 0 Å². The predicted octanol–water partition coefficient (Wildman–Crippen LogP) is 1.68. The van der Waals surface area contributed by atoms with Gasteiger partial charge in [-0.1, -0.05) is 18.2 Å². The molecule has 1 aromatic carbocycles. The molecule has 0 unspecified atom stereocenters. The molecular formula is C9H10N2O2S2Zn. The Balaban J connectivity index is 0. The van der Waals surface area contributed by atoms with Crippen LogP contribution in [0.25, 0.3) is 0 Å². The Hall–Kier alpha value is -0.777. The first-order chi connectivity index (χ1) is 6.93. The fourth-order valence-electron chi connectivity index (χ4n) is 0.823. The van der Waals surface area contributed by atoms with E-state index in [2.05, 4.69) is 36.3 Å². The van der Waals surface area contributed by atoms with Crippen LogP contribution in [0.15, 0.2) is 24.3 Å². The second-order valence-corrected chi connectivity index (χ2v) is 3.32. The molecule has 0 heterocycles. The van der Waals surface area contributed by atoms with Crippen LogP contribution in [0.4, 0.5) is 15.3 Å². The van der Waals surface area contributed by atoms with Crippen molar-refractivity contribution in [1.29, 1.82) is 0 Å². The van der Waals surface area contributed by atoms with E-state index in [4.69, 9.17) is 4.79 Å². The number of aryl methyl sites for hydroxylation is 1. The van der Waals surface area contributed by atoms with Gasteiger partial charge in [-0.3, -0.25) is 0 Å². The standard InChI is InChI=1S/C8H9NOS.CH3NOS.Zn/c1-6-4-2-3-5-7(6)9-8(10)11;2-1(3)4;/h2-5H,1H3,(H2,9,10,11);(H3,2,3,4);/q;;+2/p-2. The van der Waals surface area contributed by atoms with Crippen molar-refractivity contribution >= 4 is 41.4 Å². The summed E-state index contributed by atoms with van der Waals surface area (Å²) < 4.78 is 0. The molecule has 4 nitrogen and oxygen atoms in total. The van der Waals surface area contributed by atoms with Crippen LogP contribution < -0.4 is 11.1 Å². The fraction of sp³-hybridized carbons (Fsp3) is 0.111. The summed E-state index contributed by atoms with van der Waals surface area (Å²) in [6.07, 6.45) is 0. The number of carbonyl (C=O) groups is 2. The van der Waals surface area contributed by atoms with Crippen LogP contribution >= 0.6 is 0 Å². The van der Waals surface area contributed by atoms with Crippen LogP contribution in [0.1, 0.15) is 5.56 Å². The van der Waals surface area contributed by atoms with Crippen molar-refractivity contribution < 1.29 is 29.1 Å². The summed E-state index contributed by atoms with van der Waals surface area (Å²) >= 11 is 8.13. The minimum atomic E-state index is -0.750. The summed E-state index contributed by atoms with van der Waals surface area (Å²) in [5.74, 6) is 0. The number of anilines is 1. The van der Waals surface area contributed by atoms with E-state index in [1.165, 1.54) is 0 Å². The summed E-state index contributed by atoms with van der Waals surface area (Å²) in [5.41, 5.74) is 6.09. The molecule has 0 fully saturated rings. The largest absolute Gasteiger partial charge is 2.00 e. The maximum absolute atomic E-state index is 10.5. The maximum atomic E-state index is 10.5. The second kappa shape index (κ2) is 9.45. The fourth-order valence-corrected chi connectivity index (χ4v) is 0.933. The number of hydrogen-bond acceptors (Lipinski definition) is 4. The summed E-state index contributed by atoms with van der Waals surface area (Å²) in [4.78, 5) is 19.5. The van der Waals surface area contributed by atoms with E-state index in [1.54, 1.807) is 0 Å². The molecule has 0 aromatic heterocycles. The van der Waals surface area contributed by atoms with Crippen molar-refractivity contribution in [3.8, 4) is 0 Å². The van der Waals surface area contributed by atoms with Crippen molar-refractivity contribution in [1.82, 2.24) is 0 Å². The zero-order chi connectivity index (χ0) is 11.8. The van der Waals surface area contributed by atoms with Crippen LogP contribution in [-0.2, 0) is 44.7 Å². The molecule has 1 rings (SSSR count). The molecule has 82 valence electrons. The Kier molecular flexibility index (Phi) is 10.4. The van der Waals surface area contributed by atoms with Gasteiger partial charge >= 0.3 is 19.5 Å². The molecule has 7 heteroatoms. The number of carbonyl (C=O) groups excluding carboxylic acids is 2.